The standard InChI is InChI=1S/C13H19N3/c1-4-8-16(11(2)3)10-12-6-5-7-15-13(12)9-14/h5-7,11H,4,8,10H2,1-3H3. The van der Waals surface area contributed by atoms with E-state index in [-0.39, 0.29) is 0 Å². The topological polar surface area (TPSA) is 39.9 Å². The highest BCUT2D eigenvalue weighted by molar-refractivity contribution is 5.30. The van der Waals surface area contributed by atoms with Crippen LogP contribution in [0.15, 0.2) is 18.3 Å². The summed E-state index contributed by atoms with van der Waals surface area (Å²) in [5, 5.41) is 8.97. The van der Waals surface area contributed by atoms with Gasteiger partial charge < -0.3 is 0 Å². The molecular weight excluding hydrogens is 198 g/mol. The summed E-state index contributed by atoms with van der Waals surface area (Å²) in [6.07, 6.45) is 2.79. The van der Waals surface area contributed by atoms with Crippen LogP contribution < -0.4 is 0 Å². The van der Waals surface area contributed by atoms with Gasteiger partial charge >= 0.3 is 0 Å². The molecule has 1 heterocycles. The van der Waals surface area contributed by atoms with Crippen LogP contribution in [0, 0.1) is 11.3 Å². The van der Waals surface area contributed by atoms with Crippen molar-refractivity contribution in [2.24, 2.45) is 0 Å². The van der Waals surface area contributed by atoms with Crippen molar-refractivity contribution in [2.45, 2.75) is 39.8 Å². The molecule has 0 aliphatic heterocycles. The van der Waals surface area contributed by atoms with Crippen LogP contribution in [-0.2, 0) is 6.54 Å². The molecule has 0 aliphatic rings. The zero-order valence-electron chi connectivity index (χ0n) is 10.3. The van der Waals surface area contributed by atoms with E-state index >= 15 is 0 Å². The Balaban J connectivity index is 2.81. The molecule has 3 nitrogen and oxygen atoms in total. The van der Waals surface area contributed by atoms with Gasteiger partial charge in [0.1, 0.15) is 11.8 Å². The van der Waals surface area contributed by atoms with Gasteiger partial charge in [0.05, 0.1) is 0 Å². The van der Waals surface area contributed by atoms with Crippen molar-refractivity contribution in [3.8, 4) is 6.07 Å². The molecule has 0 aromatic carbocycles. The summed E-state index contributed by atoms with van der Waals surface area (Å²) in [4.78, 5) is 6.44. The molecule has 1 rings (SSSR count). The number of hydrogen-bond acceptors (Lipinski definition) is 3. The summed E-state index contributed by atoms with van der Waals surface area (Å²) in [7, 11) is 0. The first kappa shape index (κ1) is 12.7. The first-order chi connectivity index (χ1) is 7.69. The van der Waals surface area contributed by atoms with E-state index in [2.05, 4.69) is 36.7 Å². The van der Waals surface area contributed by atoms with E-state index in [1.54, 1.807) is 6.20 Å². The lowest BCUT2D eigenvalue weighted by Gasteiger charge is -2.26. The van der Waals surface area contributed by atoms with Crippen molar-refractivity contribution in [2.75, 3.05) is 6.54 Å². The van der Waals surface area contributed by atoms with Crippen LogP contribution >= 0.6 is 0 Å². The molecule has 1 aromatic heterocycles. The predicted octanol–water partition coefficient (Wildman–Crippen LogP) is 2.57. The van der Waals surface area contributed by atoms with Gasteiger partial charge in [0.25, 0.3) is 0 Å². The first-order valence-corrected chi connectivity index (χ1v) is 5.77. The van der Waals surface area contributed by atoms with E-state index in [9.17, 15) is 0 Å². The van der Waals surface area contributed by atoms with Crippen LogP contribution in [0.5, 0.6) is 0 Å². The molecule has 0 unspecified atom stereocenters. The predicted molar refractivity (Wildman–Crippen MR) is 64.8 cm³/mol. The zero-order chi connectivity index (χ0) is 12.0. The molecule has 0 fully saturated rings. The maximum absolute atomic E-state index is 8.97. The Bertz CT molecular complexity index is 366. The number of pyridine rings is 1. The number of nitriles is 1. The molecule has 0 atom stereocenters. The second-order valence-electron chi connectivity index (χ2n) is 4.19. The van der Waals surface area contributed by atoms with E-state index in [4.69, 9.17) is 5.26 Å². The lowest BCUT2D eigenvalue weighted by molar-refractivity contribution is 0.213. The van der Waals surface area contributed by atoms with Crippen LogP contribution in [0.3, 0.4) is 0 Å². The number of hydrogen-bond donors (Lipinski definition) is 0. The summed E-state index contributed by atoms with van der Waals surface area (Å²) in [5.41, 5.74) is 1.57. The van der Waals surface area contributed by atoms with E-state index < -0.39 is 0 Å². The van der Waals surface area contributed by atoms with Gasteiger partial charge in [0.2, 0.25) is 0 Å². The summed E-state index contributed by atoms with van der Waals surface area (Å²) < 4.78 is 0. The SMILES string of the molecule is CCCN(Cc1cccnc1C#N)C(C)C. The lowest BCUT2D eigenvalue weighted by atomic mass is 10.1. The summed E-state index contributed by atoms with van der Waals surface area (Å²) >= 11 is 0. The van der Waals surface area contributed by atoms with Crippen LogP contribution in [0.25, 0.3) is 0 Å². The fourth-order valence-corrected chi connectivity index (χ4v) is 1.69. The Morgan fingerprint density at radius 3 is 2.81 bits per heavy atom. The molecule has 0 spiro atoms. The van der Waals surface area contributed by atoms with Crippen LogP contribution in [0.4, 0.5) is 0 Å². The van der Waals surface area contributed by atoms with Gasteiger partial charge in [-0.05, 0) is 32.9 Å². The lowest BCUT2D eigenvalue weighted by Crippen LogP contribution is -2.31. The Kier molecular flexibility index (Phi) is 4.94. The minimum Gasteiger partial charge on any atom is -0.297 e. The molecule has 0 bridgehead atoms. The molecule has 0 aliphatic carbocycles. The average molecular weight is 217 g/mol. The molecule has 0 saturated heterocycles. The van der Waals surface area contributed by atoms with Crippen molar-refractivity contribution < 1.29 is 0 Å². The third-order valence-corrected chi connectivity index (χ3v) is 2.61. The van der Waals surface area contributed by atoms with Gasteiger partial charge in [-0.1, -0.05) is 13.0 Å². The highest BCUT2D eigenvalue weighted by Crippen LogP contribution is 2.11. The molecular formula is C13H19N3. The fourth-order valence-electron chi connectivity index (χ4n) is 1.69. The number of aromatic nitrogens is 1. The largest absolute Gasteiger partial charge is 0.297 e. The van der Waals surface area contributed by atoms with E-state index in [1.807, 2.05) is 12.1 Å². The molecule has 1 aromatic rings. The quantitative estimate of drug-likeness (QED) is 0.761. The summed E-state index contributed by atoms with van der Waals surface area (Å²) in [5.74, 6) is 0. The third kappa shape index (κ3) is 3.32. The van der Waals surface area contributed by atoms with Crippen molar-refractivity contribution in [1.29, 1.82) is 5.26 Å². The second-order valence-corrected chi connectivity index (χ2v) is 4.19. The maximum atomic E-state index is 8.97. The first-order valence-electron chi connectivity index (χ1n) is 5.77. The Hall–Kier alpha value is -1.40. The van der Waals surface area contributed by atoms with Crippen LogP contribution in [0.1, 0.15) is 38.4 Å². The Morgan fingerprint density at radius 1 is 1.50 bits per heavy atom. The average Bonchev–Trinajstić information content (AvgIpc) is 2.29. The van der Waals surface area contributed by atoms with E-state index in [0.29, 0.717) is 11.7 Å². The van der Waals surface area contributed by atoms with Gasteiger partial charge in [0.15, 0.2) is 0 Å². The minimum atomic E-state index is 0.492. The summed E-state index contributed by atoms with van der Waals surface area (Å²) in [6, 6.07) is 6.51. The van der Waals surface area contributed by atoms with Crippen molar-refractivity contribution in [1.82, 2.24) is 9.88 Å². The summed E-state index contributed by atoms with van der Waals surface area (Å²) in [6.45, 7) is 8.39. The molecule has 0 saturated carbocycles. The Labute approximate surface area is 97.7 Å². The zero-order valence-corrected chi connectivity index (χ0v) is 10.3. The van der Waals surface area contributed by atoms with Gasteiger partial charge in [-0.3, -0.25) is 4.90 Å². The normalized spacial score (nSPS) is 10.8. The van der Waals surface area contributed by atoms with Gasteiger partial charge in [-0.25, -0.2) is 4.98 Å². The van der Waals surface area contributed by atoms with Gasteiger partial charge in [-0.15, -0.1) is 0 Å². The molecule has 86 valence electrons. The van der Waals surface area contributed by atoms with Crippen LogP contribution in [0.2, 0.25) is 0 Å². The van der Waals surface area contributed by atoms with Gasteiger partial charge in [-0.2, -0.15) is 5.26 Å². The monoisotopic (exact) mass is 217 g/mol. The van der Waals surface area contributed by atoms with E-state index in [0.717, 1.165) is 25.1 Å². The molecule has 0 radical (unpaired) electrons. The molecule has 0 N–H and O–H groups in total. The van der Waals surface area contributed by atoms with E-state index in [1.165, 1.54) is 0 Å². The number of nitrogens with zero attached hydrogens (tertiary/aromatic N) is 3. The van der Waals surface area contributed by atoms with Crippen molar-refractivity contribution >= 4 is 0 Å². The molecule has 3 heteroatoms. The highest BCUT2D eigenvalue weighted by atomic mass is 15.1. The second kappa shape index (κ2) is 6.24. The van der Waals surface area contributed by atoms with Gasteiger partial charge in [0, 0.05) is 24.3 Å². The molecule has 0 amide bonds. The fraction of sp³-hybridized carbons (Fsp3) is 0.538. The number of rotatable bonds is 5. The van der Waals surface area contributed by atoms with Crippen molar-refractivity contribution in [3.05, 3.63) is 29.6 Å². The Morgan fingerprint density at radius 2 is 2.25 bits per heavy atom. The highest BCUT2D eigenvalue weighted by Gasteiger charge is 2.11. The third-order valence-electron chi connectivity index (χ3n) is 2.61. The van der Waals surface area contributed by atoms with Crippen molar-refractivity contribution in [3.63, 3.8) is 0 Å². The smallest absolute Gasteiger partial charge is 0.144 e. The molecule has 16 heavy (non-hydrogen) atoms. The maximum Gasteiger partial charge on any atom is 0.144 e. The van der Waals surface area contributed by atoms with Crippen LogP contribution in [-0.4, -0.2) is 22.5 Å². The minimum absolute atomic E-state index is 0.492.